The molecule has 35 heavy (non-hydrogen) atoms. The van der Waals surface area contributed by atoms with Crippen LogP contribution in [0.3, 0.4) is 0 Å². The van der Waals surface area contributed by atoms with E-state index in [0.717, 1.165) is 0 Å². The molecule has 1 atom stereocenters. The summed E-state index contributed by atoms with van der Waals surface area (Å²) in [5, 5.41) is 9.23. The number of hydrogen-bond donors (Lipinski definition) is 1. The Morgan fingerprint density at radius 2 is 1.71 bits per heavy atom. The highest BCUT2D eigenvalue weighted by Crippen LogP contribution is 2.48. The van der Waals surface area contributed by atoms with Crippen LogP contribution in [0.4, 0.5) is 0 Å². The highest BCUT2D eigenvalue weighted by molar-refractivity contribution is 6.55. The summed E-state index contributed by atoms with van der Waals surface area (Å²) in [6.07, 6.45) is 0. The second kappa shape index (κ2) is 10.1. The maximum Gasteiger partial charge on any atom is 0.349 e. The van der Waals surface area contributed by atoms with Crippen molar-refractivity contribution >= 4 is 64.0 Å². The van der Waals surface area contributed by atoms with Gasteiger partial charge in [0.05, 0.1) is 21.0 Å². The lowest BCUT2D eigenvalue weighted by Crippen LogP contribution is -2.21. The molecule has 0 aliphatic carbocycles. The van der Waals surface area contributed by atoms with Crippen LogP contribution in [0.15, 0.2) is 46.2 Å². The Labute approximate surface area is 224 Å². The predicted molar refractivity (Wildman–Crippen MR) is 132 cm³/mol. The quantitative estimate of drug-likeness (QED) is 0.150. The Kier molecular flexibility index (Phi) is 7.32. The van der Waals surface area contributed by atoms with Crippen molar-refractivity contribution in [1.82, 2.24) is 0 Å². The van der Waals surface area contributed by atoms with Crippen LogP contribution in [0, 0.1) is 18.3 Å². The lowest BCUT2D eigenvalue weighted by molar-refractivity contribution is -0.136. The molecule has 3 aromatic rings. The van der Waals surface area contributed by atoms with E-state index < -0.39 is 18.5 Å². The summed E-state index contributed by atoms with van der Waals surface area (Å²) < 4.78 is 22.0. The summed E-state index contributed by atoms with van der Waals surface area (Å²) in [6, 6.07) is 10.3. The smallest absolute Gasteiger partial charge is 0.349 e. The zero-order valence-corrected chi connectivity index (χ0v) is 21.4. The third kappa shape index (κ3) is 4.86. The second-order valence-electron chi connectivity index (χ2n) is 7.23. The van der Waals surface area contributed by atoms with Crippen LogP contribution in [-0.4, -0.2) is 12.6 Å². The van der Waals surface area contributed by atoms with E-state index in [1.54, 1.807) is 25.1 Å². The molecule has 2 heterocycles. The fraction of sp³-hybridized carbons (Fsp3) is 0.130. The zero-order valence-electron chi connectivity index (χ0n) is 17.6. The number of nitriles is 1. The topological polar surface area (TPSA) is 108 Å². The largest absolute Gasteiger partial charge is 0.479 e. The molecule has 0 saturated heterocycles. The number of ether oxygens (including phenoxy) is 3. The molecule has 7 nitrogen and oxygen atoms in total. The molecule has 0 saturated carbocycles. The van der Waals surface area contributed by atoms with Crippen LogP contribution in [-0.2, 0) is 4.79 Å². The molecule has 12 heteroatoms. The molecule has 4 rings (SSSR count). The zero-order chi connectivity index (χ0) is 25.4. The number of fused-ring (bicyclic) bond motifs is 1. The molecule has 180 valence electrons. The SMILES string of the molecule is Cc1ccc(C2C(C#N)=C(N)Oc3cc(OC(=O)COc4c(Cl)c(Cl)c(Cl)c(Cl)c4Cl)ccc32)o1. The van der Waals surface area contributed by atoms with E-state index in [1.165, 1.54) is 12.1 Å². The number of rotatable bonds is 5. The molecule has 0 fully saturated rings. The van der Waals surface area contributed by atoms with E-state index in [0.29, 0.717) is 22.8 Å². The van der Waals surface area contributed by atoms with Gasteiger partial charge in [-0.3, -0.25) is 0 Å². The summed E-state index contributed by atoms with van der Waals surface area (Å²) in [6.45, 7) is 1.22. The number of carbonyl (C=O) groups is 1. The second-order valence-corrected chi connectivity index (χ2v) is 9.12. The molecular weight excluding hydrogens is 562 g/mol. The Morgan fingerprint density at radius 3 is 2.31 bits per heavy atom. The monoisotopic (exact) mass is 572 g/mol. The van der Waals surface area contributed by atoms with Crippen LogP contribution in [0.1, 0.15) is 23.0 Å². The predicted octanol–water partition coefficient (Wildman–Crippen LogP) is 7.06. The average molecular weight is 575 g/mol. The van der Waals surface area contributed by atoms with Gasteiger partial charge in [0.2, 0.25) is 5.88 Å². The van der Waals surface area contributed by atoms with Crippen molar-refractivity contribution in [2.24, 2.45) is 5.73 Å². The first kappa shape index (κ1) is 25.4. The lowest BCUT2D eigenvalue weighted by Gasteiger charge is -2.25. The number of nitrogens with two attached hydrogens (primary N) is 1. The minimum atomic E-state index is -0.783. The molecule has 0 spiro atoms. The van der Waals surface area contributed by atoms with Gasteiger partial charge in [-0.05, 0) is 25.1 Å². The van der Waals surface area contributed by atoms with Gasteiger partial charge >= 0.3 is 5.97 Å². The number of aryl methyl sites for hydroxylation is 1. The number of carbonyl (C=O) groups excluding carboxylic acids is 1. The number of allylic oxidation sites excluding steroid dienone is 1. The summed E-state index contributed by atoms with van der Waals surface area (Å²) in [5.74, 6) is 0.0995. The third-order valence-electron chi connectivity index (χ3n) is 4.97. The minimum Gasteiger partial charge on any atom is -0.479 e. The molecule has 0 bridgehead atoms. The fourth-order valence-electron chi connectivity index (χ4n) is 3.40. The third-order valence-corrected chi connectivity index (χ3v) is 7.21. The van der Waals surface area contributed by atoms with E-state index in [1.807, 2.05) is 0 Å². The number of nitrogens with zero attached hydrogens (tertiary/aromatic N) is 1. The highest BCUT2D eigenvalue weighted by atomic mass is 35.5. The number of halogens is 5. The molecule has 1 unspecified atom stereocenters. The van der Waals surface area contributed by atoms with Crippen LogP contribution in [0.25, 0.3) is 0 Å². The Balaban J connectivity index is 1.54. The van der Waals surface area contributed by atoms with E-state index >= 15 is 0 Å². The number of furan rings is 1. The van der Waals surface area contributed by atoms with E-state index in [9.17, 15) is 10.1 Å². The summed E-state index contributed by atoms with van der Waals surface area (Å²) in [7, 11) is 0. The van der Waals surface area contributed by atoms with Crippen LogP contribution in [0.5, 0.6) is 17.2 Å². The normalized spacial score (nSPS) is 14.7. The van der Waals surface area contributed by atoms with Crippen LogP contribution in [0.2, 0.25) is 25.1 Å². The Bertz CT molecular complexity index is 1400. The standard InChI is InChI=1S/C23H13Cl5N2O5/c1-9-2-5-13(33-9)16-11-4-3-10(6-14(11)35-23(30)12(16)7-29)34-15(31)8-32-22-20(27)18(25)17(24)19(26)21(22)28/h2-6,16H,8,30H2,1H3. The Morgan fingerprint density at radius 1 is 1.06 bits per heavy atom. The molecule has 1 aromatic heterocycles. The maximum atomic E-state index is 12.4. The molecular formula is C23H13Cl5N2O5. The average Bonchev–Trinajstić information content (AvgIpc) is 3.26. The van der Waals surface area contributed by atoms with Crippen molar-refractivity contribution < 1.29 is 23.4 Å². The summed E-state index contributed by atoms with van der Waals surface area (Å²) in [4.78, 5) is 12.4. The van der Waals surface area contributed by atoms with Gasteiger partial charge in [0.25, 0.3) is 0 Å². The van der Waals surface area contributed by atoms with Gasteiger partial charge in [0, 0.05) is 11.6 Å². The van der Waals surface area contributed by atoms with Crippen LogP contribution >= 0.6 is 58.0 Å². The van der Waals surface area contributed by atoms with Crippen molar-refractivity contribution in [2.75, 3.05) is 6.61 Å². The number of benzene rings is 2. The molecule has 2 N–H and O–H groups in total. The van der Waals surface area contributed by atoms with Gasteiger partial charge < -0.3 is 24.4 Å². The molecule has 0 amide bonds. The van der Waals surface area contributed by atoms with Crippen molar-refractivity contribution in [3.05, 3.63) is 84.0 Å². The van der Waals surface area contributed by atoms with Gasteiger partial charge in [0.1, 0.15) is 44.7 Å². The van der Waals surface area contributed by atoms with E-state index in [-0.39, 0.29) is 48.1 Å². The first-order valence-corrected chi connectivity index (χ1v) is 11.6. The lowest BCUT2D eigenvalue weighted by atomic mass is 9.87. The van der Waals surface area contributed by atoms with Crippen molar-refractivity contribution in [3.8, 4) is 23.3 Å². The van der Waals surface area contributed by atoms with Gasteiger partial charge in [-0.2, -0.15) is 5.26 Å². The summed E-state index contributed by atoms with van der Waals surface area (Å²) >= 11 is 30.2. The van der Waals surface area contributed by atoms with Gasteiger partial charge in [-0.1, -0.05) is 64.1 Å². The highest BCUT2D eigenvalue weighted by Gasteiger charge is 2.33. The summed E-state index contributed by atoms with van der Waals surface area (Å²) in [5.41, 5.74) is 6.80. The Hall–Kier alpha value is -2.73. The molecule has 0 radical (unpaired) electrons. The van der Waals surface area contributed by atoms with Crippen LogP contribution < -0.4 is 19.9 Å². The van der Waals surface area contributed by atoms with Crippen molar-refractivity contribution in [3.63, 3.8) is 0 Å². The van der Waals surface area contributed by atoms with E-state index in [4.69, 9.17) is 82.4 Å². The minimum absolute atomic E-state index is 0.0387. The molecule has 1 aliphatic heterocycles. The van der Waals surface area contributed by atoms with Crippen molar-refractivity contribution in [1.29, 1.82) is 5.26 Å². The number of hydrogen-bond acceptors (Lipinski definition) is 7. The first-order chi connectivity index (χ1) is 16.6. The maximum absolute atomic E-state index is 12.4. The number of esters is 1. The fourth-order valence-corrected chi connectivity index (χ4v) is 4.63. The molecule has 2 aromatic carbocycles. The van der Waals surface area contributed by atoms with Crippen molar-refractivity contribution in [2.45, 2.75) is 12.8 Å². The molecule has 1 aliphatic rings. The van der Waals surface area contributed by atoms with Gasteiger partial charge in [-0.25, -0.2) is 4.79 Å². The van der Waals surface area contributed by atoms with E-state index in [2.05, 4.69) is 6.07 Å². The van der Waals surface area contributed by atoms with Gasteiger partial charge in [0.15, 0.2) is 12.4 Å². The van der Waals surface area contributed by atoms with Gasteiger partial charge in [-0.15, -0.1) is 0 Å². The first-order valence-electron chi connectivity index (χ1n) is 9.75.